The van der Waals surface area contributed by atoms with Crippen molar-refractivity contribution in [2.45, 2.75) is 44.4 Å². The predicted molar refractivity (Wildman–Crippen MR) is 111 cm³/mol. The van der Waals surface area contributed by atoms with Crippen LogP contribution < -0.4 is 16.2 Å². The minimum Gasteiger partial charge on any atom is -0.375 e. The molecule has 1 aliphatic carbocycles. The standard InChI is InChI=1S/C10H17N3S.C8H8N2O3S/c1-2-5-12-7-3-4-8-9(6-7)14-10(11)13-8;9-14(11,12)5-7-6-3-1-2-4-8(6)13-10-7/h7,12H,2-6H2,1H3,(H2,11,13);1-4H,5H2,(H2,9,11,12)/t7-;/m0./s1. The number of aryl methyl sites for hydroxylation is 1. The van der Waals surface area contributed by atoms with E-state index < -0.39 is 10.0 Å². The lowest BCUT2D eigenvalue weighted by Gasteiger charge is -2.21. The van der Waals surface area contributed by atoms with Crippen molar-refractivity contribution in [2.24, 2.45) is 5.14 Å². The first-order valence-electron chi connectivity index (χ1n) is 9.17. The van der Waals surface area contributed by atoms with Crippen molar-refractivity contribution in [1.29, 1.82) is 0 Å². The molecule has 2 aromatic heterocycles. The van der Waals surface area contributed by atoms with Crippen LogP contribution in [-0.2, 0) is 28.6 Å². The molecule has 0 unspecified atom stereocenters. The Morgan fingerprint density at radius 3 is 2.89 bits per heavy atom. The first-order valence-corrected chi connectivity index (χ1v) is 11.7. The fraction of sp³-hybridized carbons (Fsp3) is 0.444. The summed E-state index contributed by atoms with van der Waals surface area (Å²) in [5.74, 6) is -0.302. The van der Waals surface area contributed by atoms with Gasteiger partial charge in [0, 0.05) is 16.3 Å². The zero-order chi connectivity index (χ0) is 20.1. The monoisotopic (exact) mass is 423 g/mol. The van der Waals surface area contributed by atoms with Gasteiger partial charge in [0.2, 0.25) is 10.0 Å². The molecule has 0 amide bonds. The lowest BCUT2D eigenvalue weighted by atomic mass is 9.98. The van der Waals surface area contributed by atoms with Crippen LogP contribution in [0.4, 0.5) is 5.13 Å². The van der Waals surface area contributed by atoms with Gasteiger partial charge in [-0.05, 0) is 44.4 Å². The third-order valence-corrected chi connectivity index (χ3v) is 6.05. The molecule has 3 aromatic rings. The van der Waals surface area contributed by atoms with E-state index in [2.05, 4.69) is 22.4 Å². The van der Waals surface area contributed by atoms with Crippen LogP contribution in [-0.4, -0.2) is 31.1 Å². The number of thiazole rings is 1. The van der Waals surface area contributed by atoms with Gasteiger partial charge in [0.25, 0.3) is 0 Å². The van der Waals surface area contributed by atoms with E-state index in [0.29, 0.717) is 22.7 Å². The highest BCUT2D eigenvalue weighted by atomic mass is 32.2. The van der Waals surface area contributed by atoms with Crippen LogP contribution in [0.25, 0.3) is 11.0 Å². The zero-order valence-electron chi connectivity index (χ0n) is 15.7. The molecule has 10 heteroatoms. The Hall–Kier alpha value is -2.01. The first-order chi connectivity index (χ1) is 13.4. The van der Waals surface area contributed by atoms with Gasteiger partial charge in [0.05, 0.1) is 5.69 Å². The van der Waals surface area contributed by atoms with E-state index in [1.165, 1.54) is 23.4 Å². The largest absolute Gasteiger partial charge is 0.375 e. The SMILES string of the molecule is CCCN[C@H]1CCc2nc(N)sc2C1.NS(=O)(=O)Cc1noc2ccccc12. The van der Waals surface area contributed by atoms with Crippen LogP contribution in [0.15, 0.2) is 28.8 Å². The van der Waals surface area contributed by atoms with Gasteiger partial charge >= 0.3 is 0 Å². The Morgan fingerprint density at radius 1 is 1.36 bits per heavy atom. The summed E-state index contributed by atoms with van der Waals surface area (Å²) in [6.45, 7) is 3.32. The van der Waals surface area contributed by atoms with Crippen molar-refractivity contribution in [3.05, 3.63) is 40.5 Å². The summed E-state index contributed by atoms with van der Waals surface area (Å²) in [6, 6.07) is 7.67. The number of sulfonamides is 1. The fourth-order valence-electron chi connectivity index (χ4n) is 3.15. The molecule has 0 fully saturated rings. The van der Waals surface area contributed by atoms with E-state index in [1.807, 2.05) is 0 Å². The van der Waals surface area contributed by atoms with Crippen molar-refractivity contribution in [3.63, 3.8) is 0 Å². The molecule has 0 bridgehead atoms. The highest BCUT2D eigenvalue weighted by molar-refractivity contribution is 7.88. The molecule has 0 aliphatic heterocycles. The molecule has 4 rings (SSSR count). The second kappa shape index (κ2) is 8.99. The van der Waals surface area contributed by atoms with E-state index in [-0.39, 0.29) is 5.75 Å². The van der Waals surface area contributed by atoms with Crippen LogP contribution in [0.5, 0.6) is 0 Å². The smallest absolute Gasteiger partial charge is 0.214 e. The van der Waals surface area contributed by atoms with Crippen LogP contribution in [0.1, 0.15) is 36.0 Å². The summed E-state index contributed by atoms with van der Waals surface area (Å²) < 4.78 is 26.6. The van der Waals surface area contributed by atoms with Crippen LogP contribution in [0, 0.1) is 0 Å². The molecule has 5 N–H and O–H groups in total. The van der Waals surface area contributed by atoms with Gasteiger partial charge in [-0.25, -0.2) is 18.5 Å². The van der Waals surface area contributed by atoms with Gasteiger partial charge in [-0.2, -0.15) is 0 Å². The molecular formula is C18H25N5O3S2. The normalized spacial score (nSPS) is 16.4. The Balaban J connectivity index is 0.000000161. The van der Waals surface area contributed by atoms with Gasteiger partial charge in [-0.3, -0.25) is 0 Å². The number of fused-ring (bicyclic) bond motifs is 2. The van der Waals surface area contributed by atoms with Gasteiger partial charge in [-0.15, -0.1) is 11.3 Å². The van der Waals surface area contributed by atoms with Gasteiger partial charge in [0.1, 0.15) is 11.4 Å². The number of rotatable bonds is 5. The summed E-state index contributed by atoms with van der Waals surface area (Å²) in [5.41, 5.74) is 7.84. The number of nitrogens with zero attached hydrogens (tertiary/aromatic N) is 2. The Morgan fingerprint density at radius 2 is 2.14 bits per heavy atom. The highest BCUT2D eigenvalue weighted by Crippen LogP contribution is 2.28. The molecule has 0 saturated carbocycles. The molecule has 8 nitrogen and oxygen atoms in total. The summed E-state index contributed by atoms with van der Waals surface area (Å²) in [4.78, 5) is 5.73. The lowest BCUT2D eigenvalue weighted by Crippen LogP contribution is -2.34. The zero-order valence-corrected chi connectivity index (χ0v) is 17.4. The Labute approximate surface area is 168 Å². The summed E-state index contributed by atoms with van der Waals surface area (Å²) in [5, 5.41) is 13.5. The molecule has 0 saturated heterocycles. The number of benzene rings is 1. The van der Waals surface area contributed by atoms with Crippen LogP contribution in [0.3, 0.4) is 0 Å². The van der Waals surface area contributed by atoms with E-state index in [0.717, 1.165) is 24.5 Å². The summed E-state index contributed by atoms with van der Waals surface area (Å²) in [6.07, 6.45) is 4.61. The lowest BCUT2D eigenvalue weighted by molar-refractivity contribution is 0.448. The predicted octanol–water partition coefficient (Wildman–Crippen LogP) is 2.20. The maximum absolute atomic E-state index is 10.8. The maximum Gasteiger partial charge on any atom is 0.214 e. The maximum atomic E-state index is 10.8. The van der Waals surface area contributed by atoms with Crippen molar-refractivity contribution < 1.29 is 12.9 Å². The number of nitrogens with two attached hydrogens (primary N) is 2. The van der Waals surface area contributed by atoms with Crippen LogP contribution in [0.2, 0.25) is 0 Å². The van der Waals surface area contributed by atoms with Crippen molar-refractivity contribution in [3.8, 4) is 0 Å². The molecule has 0 spiro atoms. The third kappa shape index (κ3) is 5.51. The number of nitrogen functional groups attached to an aromatic ring is 1. The second-order valence-corrected chi connectivity index (χ2v) is 9.48. The van der Waals surface area contributed by atoms with Gasteiger partial charge < -0.3 is 15.6 Å². The number of aromatic nitrogens is 2. The molecule has 2 heterocycles. The average Bonchev–Trinajstić information content (AvgIpc) is 3.21. The Kier molecular flexibility index (Phi) is 6.65. The van der Waals surface area contributed by atoms with Crippen molar-refractivity contribution >= 4 is 37.5 Å². The molecule has 1 aromatic carbocycles. The number of hydrogen-bond acceptors (Lipinski definition) is 8. The van der Waals surface area contributed by atoms with E-state index in [9.17, 15) is 8.42 Å². The molecule has 152 valence electrons. The number of primary sulfonamides is 1. The molecule has 0 radical (unpaired) electrons. The van der Waals surface area contributed by atoms with Gasteiger partial charge in [-0.1, -0.05) is 24.2 Å². The number of nitrogens with one attached hydrogen (secondary N) is 1. The topological polar surface area (TPSA) is 137 Å². The molecule has 28 heavy (non-hydrogen) atoms. The summed E-state index contributed by atoms with van der Waals surface area (Å²) in [7, 11) is -3.56. The van der Waals surface area contributed by atoms with E-state index in [1.54, 1.807) is 35.6 Å². The average molecular weight is 424 g/mol. The number of anilines is 1. The Bertz CT molecular complexity index is 1030. The third-order valence-electron chi connectivity index (χ3n) is 4.43. The quantitative estimate of drug-likeness (QED) is 0.572. The summed E-state index contributed by atoms with van der Waals surface area (Å²) >= 11 is 1.65. The van der Waals surface area contributed by atoms with Gasteiger partial charge in [0.15, 0.2) is 10.7 Å². The van der Waals surface area contributed by atoms with E-state index >= 15 is 0 Å². The minimum absolute atomic E-state index is 0.302. The second-order valence-electron chi connectivity index (χ2n) is 6.75. The number of hydrogen-bond donors (Lipinski definition) is 3. The van der Waals surface area contributed by atoms with E-state index in [4.69, 9.17) is 15.4 Å². The van der Waals surface area contributed by atoms with Crippen LogP contribution >= 0.6 is 11.3 Å². The molecular weight excluding hydrogens is 398 g/mol. The van der Waals surface area contributed by atoms with Crippen molar-refractivity contribution in [2.75, 3.05) is 12.3 Å². The fourth-order valence-corrected chi connectivity index (χ4v) is 4.70. The molecule has 1 aliphatic rings. The molecule has 1 atom stereocenters. The van der Waals surface area contributed by atoms with Crippen molar-refractivity contribution in [1.82, 2.24) is 15.5 Å². The number of para-hydroxylation sites is 1. The minimum atomic E-state index is -3.56. The first kappa shape index (κ1) is 20.7. The highest BCUT2D eigenvalue weighted by Gasteiger charge is 2.21.